The fourth-order valence-corrected chi connectivity index (χ4v) is 4.23. The van der Waals surface area contributed by atoms with Crippen molar-refractivity contribution in [2.45, 2.75) is 30.3 Å². The third kappa shape index (κ3) is 4.16. The van der Waals surface area contributed by atoms with Crippen LogP contribution in [0.4, 0.5) is 13.2 Å². The van der Waals surface area contributed by atoms with E-state index in [1.807, 2.05) is 0 Å². The van der Waals surface area contributed by atoms with E-state index in [0.29, 0.717) is 9.18 Å². The summed E-state index contributed by atoms with van der Waals surface area (Å²) in [6, 6.07) is 1.44. The number of thiophene rings is 1. The highest BCUT2D eigenvalue weighted by molar-refractivity contribution is 7.91. The summed E-state index contributed by atoms with van der Waals surface area (Å²) in [4.78, 5) is 0.711. The van der Waals surface area contributed by atoms with E-state index >= 15 is 0 Å². The third-order valence-electron chi connectivity index (χ3n) is 2.56. The van der Waals surface area contributed by atoms with Gasteiger partial charge in [-0.2, -0.15) is 17.5 Å². The Morgan fingerprint density at radius 1 is 1.42 bits per heavy atom. The molecule has 0 fully saturated rings. The van der Waals surface area contributed by atoms with E-state index in [2.05, 4.69) is 0 Å². The van der Waals surface area contributed by atoms with Crippen molar-refractivity contribution in [2.75, 3.05) is 13.6 Å². The van der Waals surface area contributed by atoms with Gasteiger partial charge in [0.25, 0.3) is 10.0 Å². The number of nitrogens with zero attached hydrogens (tertiary/aromatic N) is 1. The Hall–Kier alpha value is -0.640. The quantitative estimate of drug-likeness (QED) is 0.904. The summed E-state index contributed by atoms with van der Waals surface area (Å²) in [6.45, 7) is 1.33. The molecule has 1 heterocycles. The summed E-state index contributed by atoms with van der Waals surface area (Å²) >= 11 is 0.992. The maximum Gasteiger partial charge on any atom is 0.390 e. The highest BCUT2D eigenvalue weighted by Gasteiger charge is 2.31. The molecule has 0 spiro atoms. The fraction of sp³-hybridized carbons (Fsp3) is 0.600. The lowest BCUT2D eigenvalue weighted by atomic mass is 10.3. The molecule has 2 N–H and O–H groups in total. The molecule has 0 atom stereocenters. The van der Waals surface area contributed by atoms with Crippen LogP contribution in [0.1, 0.15) is 16.9 Å². The van der Waals surface area contributed by atoms with Crippen molar-refractivity contribution in [1.29, 1.82) is 0 Å². The van der Waals surface area contributed by atoms with Gasteiger partial charge in [0.2, 0.25) is 0 Å². The number of aryl methyl sites for hydroxylation is 1. The van der Waals surface area contributed by atoms with Gasteiger partial charge in [-0.15, -0.1) is 11.3 Å². The van der Waals surface area contributed by atoms with Crippen molar-refractivity contribution >= 4 is 21.4 Å². The molecular weight excluding hydrogens is 301 g/mol. The topological polar surface area (TPSA) is 63.4 Å². The smallest absolute Gasteiger partial charge is 0.326 e. The summed E-state index contributed by atoms with van der Waals surface area (Å²) in [5.74, 6) is 0. The van der Waals surface area contributed by atoms with Crippen molar-refractivity contribution in [2.24, 2.45) is 5.73 Å². The number of rotatable bonds is 5. The molecule has 9 heteroatoms. The normalized spacial score (nSPS) is 13.2. The lowest BCUT2D eigenvalue weighted by Gasteiger charge is -2.16. The second kappa shape index (κ2) is 5.78. The lowest BCUT2D eigenvalue weighted by molar-refractivity contribution is -0.135. The van der Waals surface area contributed by atoms with Crippen molar-refractivity contribution in [3.05, 3.63) is 16.5 Å². The molecule has 0 aliphatic carbocycles. The SMILES string of the molecule is Cc1cc(S(=O)(=O)N(C)CCC(F)(F)F)sc1CN. The van der Waals surface area contributed by atoms with Crippen LogP contribution in [0.2, 0.25) is 0 Å². The van der Waals surface area contributed by atoms with Gasteiger partial charge in [0.1, 0.15) is 4.21 Å². The van der Waals surface area contributed by atoms with Gasteiger partial charge >= 0.3 is 6.18 Å². The standard InChI is InChI=1S/C10H15F3N2O2S2/c1-7-5-9(18-8(7)6-14)19(16,17)15(2)4-3-10(11,12)13/h5H,3-4,6,14H2,1-2H3. The minimum absolute atomic E-state index is 0.0233. The van der Waals surface area contributed by atoms with E-state index in [1.165, 1.54) is 6.07 Å². The van der Waals surface area contributed by atoms with E-state index < -0.39 is 29.2 Å². The van der Waals surface area contributed by atoms with Crippen LogP contribution in [-0.4, -0.2) is 32.5 Å². The van der Waals surface area contributed by atoms with Gasteiger partial charge in [0, 0.05) is 25.0 Å². The van der Waals surface area contributed by atoms with Gasteiger partial charge in [-0.25, -0.2) is 8.42 Å². The monoisotopic (exact) mass is 316 g/mol. The van der Waals surface area contributed by atoms with Gasteiger partial charge in [-0.1, -0.05) is 0 Å². The van der Waals surface area contributed by atoms with Gasteiger partial charge < -0.3 is 5.73 Å². The van der Waals surface area contributed by atoms with Gasteiger partial charge in [-0.3, -0.25) is 0 Å². The summed E-state index contributed by atoms with van der Waals surface area (Å²) in [7, 11) is -2.74. The maximum atomic E-state index is 12.1. The first-order valence-corrected chi connectivity index (χ1v) is 7.66. The van der Waals surface area contributed by atoms with Gasteiger partial charge in [0.05, 0.1) is 6.42 Å². The first kappa shape index (κ1) is 16.4. The van der Waals surface area contributed by atoms with Crippen molar-refractivity contribution in [3.63, 3.8) is 0 Å². The summed E-state index contributed by atoms with van der Waals surface area (Å²) in [5.41, 5.74) is 6.18. The van der Waals surface area contributed by atoms with Crippen LogP contribution >= 0.6 is 11.3 Å². The van der Waals surface area contributed by atoms with Crippen LogP contribution in [0, 0.1) is 6.92 Å². The van der Waals surface area contributed by atoms with Gasteiger partial charge in [0.15, 0.2) is 0 Å². The Balaban J connectivity index is 2.90. The van der Waals surface area contributed by atoms with E-state index in [1.54, 1.807) is 6.92 Å². The molecule has 1 rings (SSSR count). The molecule has 0 aliphatic rings. The number of sulfonamides is 1. The third-order valence-corrected chi connectivity index (χ3v) is 6.12. The molecule has 0 aromatic carbocycles. The first-order valence-electron chi connectivity index (χ1n) is 5.40. The largest absolute Gasteiger partial charge is 0.390 e. The Morgan fingerprint density at radius 2 is 2.00 bits per heavy atom. The Bertz CT molecular complexity index is 537. The molecule has 0 amide bonds. The van der Waals surface area contributed by atoms with Crippen molar-refractivity contribution in [3.8, 4) is 0 Å². The summed E-state index contributed by atoms with van der Waals surface area (Å²) < 4.78 is 61.1. The van der Waals surface area contributed by atoms with Gasteiger partial charge in [-0.05, 0) is 18.6 Å². The zero-order chi connectivity index (χ0) is 14.8. The predicted octanol–water partition coefficient (Wildman–Crippen LogP) is 2.09. The average Bonchev–Trinajstić information content (AvgIpc) is 2.66. The average molecular weight is 316 g/mol. The molecular formula is C10H15F3N2O2S2. The predicted molar refractivity (Wildman–Crippen MR) is 67.4 cm³/mol. The van der Waals surface area contributed by atoms with E-state index in [9.17, 15) is 21.6 Å². The molecule has 0 aliphatic heterocycles. The molecule has 1 aromatic heterocycles. The number of hydrogen-bond donors (Lipinski definition) is 1. The highest BCUT2D eigenvalue weighted by Crippen LogP contribution is 2.28. The molecule has 0 radical (unpaired) electrons. The molecule has 0 saturated heterocycles. The maximum absolute atomic E-state index is 12.1. The summed E-state index contributed by atoms with van der Waals surface area (Å²) in [6.07, 6.45) is -5.55. The lowest BCUT2D eigenvalue weighted by Crippen LogP contribution is -2.30. The van der Waals surface area contributed by atoms with Crippen LogP contribution in [0.5, 0.6) is 0 Å². The zero-order valence-electron chi connectivity index (χ0n) is 10.5. The fourth-order valence-electron chi connectivity index (χ4n) is 1.38. The second-order valence-electron chi connectivity index (χ2n) is 4.07. The van der Waals surface area contributed by atoms with Crippen molar-refractivity contribution in [1.82, 2.24) is 4.31 Å². The molecule has 0 bridgehead atoms. The Morgan fingerprint density at radius 3 is 2.42 bits per heavy atom. The zero-order valence-corrected chi connectivity index (χ0v) is 12.1. The van der Waals surface area contributed by atoms with E-state index in [0.717, 1.165) is 23.9 Å². The van der Waals surface area contributed by atoms with Crippen LogP contribution in [-0.2, 0) is 16.6 Å². The molecule has 19 heavy (non-hydrogen) atoms. The van der Waals surface area contributed by atoms with E-state index in [4.69, 9.17) is 5.73 Å². The Kier molecular flexibility index (Phi) is 4.99. The Labute approximate surface area is 114 Å². The first-order chi connectivity index (χ1) is 8.58. The van der Waals surface area contributed by atoms with Crippen LogP contribution in [0.25, 0.3) is 0 Å². The molecule has 4 nitrogen and oxygen atoms in total. The number of alkyl halides is 3. The second-order valence-corrected chi connectivity index (χ2v) is 7.48. The molecule has 110 valence electrons. The van der Waals surface area contributed by atoms with Crippen LogP contribution in [0.3, 0.4) is 0 Å². The molecule has 0 saturated carbocycles. The minimum Gasteiger partial charge on any atom is -0.326 e. The summed E-state index contributed by atoms with van der Waals surface area (Å²) in [5, 5.41) is 0. The molecule has 1 aromatic rings. The molecule has 0 unspecified atom stereocenters. The minimum atomic E-state index is -4.38. The number of hydrogen-bond acceptors (Lipinski definition) is 4. The number of nitrogens with two attached hydrogens (primary N) is 1. The number of halogens is 3. The van der Waals surface area contributed by atoms with Crippen LogP contribution in [0.15, 0.2) is 10.3 Å². The highest BCUT2D eigenvalue weighted by atomic mass is 32.2. The van der Waals surface area contributed by atoms with Crippen molar-refractivity contribution < 1.29 is 21.6 Å². The van der Waals surface area contributed by atoms with Crippen LogP contribution < -0.4 is 5.73 Å². The van der Waals surface area contributed by atoms with E-state index in [-0.39, 0.29) is 10.8 Å².